The van der Waals surface area contributed by atoms with Crippen molar-refractivity contribution in [2.75, 3.05) is 19.6 Å². The van der Waals surface area contributed by atoms with Gasteiger partial charge in [-0.25, -0.2) is 0 Å². The molecule has 6 nitrogen and oxygen atoms in total. The van der Waals surface area contributed by atoms with Crippen molar-refractivity contribution in [3.63, 3.8) is 0 Å². The largest absolute Gasteiger partial charge is 0.361 e. The van der Waals surface area contributed by atoms with Gasteiger partial charge in [-0.05, 0) is 13.3 Å². The van der Waals surface area contributed by atoms with Crippen LogP contribution in [0.5, 0.6) is 0 Å². The van der Waals surface area contributed by atoms with Crippen LogP contribution in [0.3, 0.4) is 0 Å². The van der Waals surface area contributed by atoms with Crippen molar-refractivity contribution in [2.24, 2.45) is 5.41 Å². The minimum atomic E-state index is -0.108. The van der Waals surface area contributed by atoms with E-state index in [1.807, 2.05) is 0 Å². The number of carbonyl (C=O) groups excluding carboxylic acids is 2. The number of carbonyl (C=O) groups is 2. The minimum absolute atomic E-state index is 0.0640. The number of likely N-dealkylation sites (tertiary alicyclic amines) is 1. The zero-order valence-corrected chi connectivity index (χ0v) is 10.2. The number of hydrogen-bond acceptors (Lipinski definition) is 4. The fourth-order valence-corrected chi connectivity index (χ4v) is 2.78. The topological polar surface area (TPSA) is 75.4 Å². The van der Waals surface area contributed by atoms with E-state index < -0.39 is 0 Å². The Morgan fingerprint density at radius 1 is 1.61 bits per heavy atom. The first kappa shape index (κ1) is 11.3. The zero-order valence-electron chi connectivity index (χ0n) is 10.2. The molecule has 0 aromatic carbocycles. The third kappa shape index (κ3) is 1.77. The van der Waals surface area contributed by atoms with Gasteiger partial charge >= 0.3 is 0 Å². The third-order valence-electron chi connectivity index (χ3n) is 3.77. The fourth-order valence-electron chi connectivity index (χ4n) is 2.78. The lowest BCUT2D eigenvalue weighted by molar-refractivity contribution is -0.119. The van der Waals surface area contributed by atoms with E-state index in [9.17, 15) is 9.59 Å². The summed E-state index contributed by atoms with van der Waals surface area (Å²) in [5, 5.41) is 6.59. The first-order chi connectivity index (χ1) is 8.58. The molecule has 0 bridgehead atoms. The van der Waals surface area contributed by atoms with E-state index in [0.29, 0.717) is 37.5 Å². The number of nitrogens with one attached hydrogen (secondary N) is 1. The Kier molecular flexibility index (Phi) is 2.39. The molecule has 2 fully saturated rings. The second-order valence-corrected chi connectivity index (χ2v) is 5.25. The lowest BCUT2D eigenvalue weighted by Crippen LogP contribution is -2.33. The average molecular weight is 249 g/mol. The average Bonchev–Trinajstić information content (AvgIpc) is 3.01. The Labute approximate surface area is 104 Å². The molecule has 1 aromatic heterocycles. The molecular formula is C12H15N3O3. The minimum Gasteiger partial charge on any atom is -0.361 e. The number of aromatic nitrogens is 1. The van der Waals surface area contributed by atoms with Crippen molar-refractivity contribution in [2.45, 2.75) is 19.8 Å². The molecular weight excluding hydrogens is 234 g/mol. The summed E-state index contributed by atoms with van der Waals surface area (Å²) in [6.45, 7) is 3.73. The standard InChI is InChI=1S/C12H15N3O3/c1-8-4-9(14-18-8)11(17)15-3-2-12(7-15)5-10(16)13-6-12/h4H,2-3,5-7H2,1H3,(H,13,16). The van der Waals surface area contributed by atoms with Crippen LogP contribution in [0, 0.1) is 12.3 Å². The summed E-state index contributed by atoms with van der Waals surface area (Å²) in [4.78, 5) is 25.3. The van der Waals surface area contributed by atoms with Crippen LogP contribution in [0.15, 0.2) is 10.6 Å². The summed E-state index contributed by atoms with van der Waals surface area (Å²) in [5.74, 6) is 0.606. The van der Waals surface area contributed by atoms with E-state index in [2.05, 4.69) is 10.5 Å². The van der Waals surface area contributed by atoms with E-state index in [0.717, 1.165) is 6.42 Å². The number of nitrogens with zero attached hydrogens (tertiary/aromatic N) is 2. The molecule has 2 aliphatic rings. The molecule has 1 N–H and O–H groups in total. The molecule has 1 aromatic rings. The molecule has 0 radical (unpaired) electrons. The lowest BCUT2D eigenvalue weighted by atomic mass is 9.86. The Morgan fingerprint density at radius 2 is 2.44 bits per heavy atom. The van der Waals surface area contributed by atoms with Gasteiger partial charge < -0.3 is 14.7 Å². The summed E-state index contributed by atoms with van der Waals surface area (Å²) >= 11 is 0. The van der Waals surface area contributed by atoms with Crippen LogP contribution in [0.4, 0.5) is 0 Å². The quantitative estimate of drug-likeness (QED) is 0.778. The molecule has 1 spiro atoms. The second-order valence-electron chi connectivity index (χ2n) is 5.25. The summed E-state index contributed by atoms with van der Waals surface area (Å²) in [6.07, 6.45) is 1.39. The summed E-state index contributed by atoms with van der Waals surface area (Å²) in [6, 6.07) is 1.64. The molecule has 3 heterocycles. The summed E-state index contributed by atoms with van der Waals surface area (Å²) in [7, 11) is 0. The van der Waals surface area contributed by atoms with Gasteiger partial charge in [0.1, 0.15) is 5.76 Å². The molecule has 2 saturated heterocycles. The highest BCUT2D eigenvalue weighted by Crippen LogP contribution is 2.36. The predicted molar refractivity (Wildman–Crippen MR) is 61.8 cm³/mol. The van der Waals surface area contributed by atoms with Crippen LogP contribution >= 0.6 is 0 Å². The molecule has 96 valence electrons. The van der Waals surface area contributed by atoms with Gasteiger partial charge in [-0.3, -0.25) is 9.59 Å². The van der Waals surface area contributed by atoms with Crippen molar-refractivity contribution in [1.82, 2.24) is 15.4 Å². The number of rotatable bonds is 1. The highest BCUT2D eigenvalue weighted by atomic mass is 16.5. The van der Waals surface area contributed by atoms with E-state index in [1.165, 1.54) is 0 Å². The lowest BCUT2D eigenvalue weighted by Gasteiger charge is -2.21. The van der Waals surface area contributed by atoms with Crippen molar-refractivity contribution >= 4 is 11.8 Å². The normalized spacial score (nSPS) is 26.9. The molecule has 1 atom stereocenters. The van der Waals surface area contributed by atoms with Gasteiger partial charge in [-0.15, -0.1) is 0 Å². The van der Waals surface area contributed by atoms with E-state index >= 15 is 0 Å². The SMILES string of the molecule is Cc1cc(C(=O)N2CCC3(CNC(=O)C3)C2)no1. The van der Waals surface area contributed by atoms with Crippen LogP contribution < -0.4 is 5.32 Å². The van der Waals surface area contributed by atoms with E-state index in [-0.39, 0.29) is 17.2 Å². The smallest absolute Gasteiger partial charge is 0.276 e. The molecule has 0 aliphatic carbocycles. The summed E-state index contributed by atoms with van der Waals surface area (Å²) < 4.78 is 4.92. The number of hydrogen-bond donors (Lipinski definition) is 1. The van der Waals surface area contributed by atoms with E-state index in [1.54, 1.807) is 17.9 Å². The second kappa shape index (κ2) is 3.83. The molecule has 18 heavy (non-hydrogen) atoms. The Hall–Kier alpha value is -1.85. The van der Waals surface area contributed by atoms with Crippen molar-refractivity contribution in [3.8, 4) is 0 Å². The first-order valence-electron chi connectivity index (χ1n) is 6.07. The summed E-state index contributed by atoms with van der Waals surface area (Å²) in [5.41, 5.74) is 0.285. The van der Waals surface area contributed by atoms with Crippen LogP contribution in [0.1, 0.15) is 29.1 Å². The monoisotopic (exact) mass is 249 g/mol. The number of aryl methyl sites for hydroxylation is 1. The molecule has 2 aliphatic heterocycles. The van der Waals surface area contributed by atoms with Gasteiger partial charge in [0.25, 0.3) is 5.91 Å². The maximum Gasteiger partial charge on any atom is 0.276 e. The maximum atomic E-state index is 12.2. The van der Waals surface area contributed by atoms with Crippen LogP contribution in [-0.4, -0.2) is 41.5 Å². The van der Waals surface area contributed by atoms with Crippen molar-refractivity contribution in [1.29, 1.82) is 0 Å². The van der Waals surface area contributed by atoms with Gasteiger partial charge in [0.05, 0.1) is 0 Å². The van der Waals surface area contributed by atoms with Crippen LogP contribution in [0.25, 0.3) is 0 Å². The van der Waals surface area contributed by atoms with Gasteiger partial charge in [0.2, 0.25) is 5.91 Å². The van der Waals surface area contributed by atoms with Gasteiger partial charge in [-0.2, -0.15) is 0 Å². The number of amides is 2. The first-order valence-corrected chi connectivity index (χ1v) is 6.07. The molecule has 2 amide bonds. The molecule has 1 unspecified atom stereocenters. The molecule has 3 rings (SSSR count). The maximum absolute atomic E-state index is 12.2. The molecule has 6 heteroatoms. The predicted octanol–water partition coefficient (Wildman–Crippen LogP) is 0.335. The fraction of sp³-hybridized carbons (Fsp3) is 0.583. The highest BCUT2D eigenvalue weighted by molar-refractivity contribution is 5.92. The van der Waals surface area contributed by atoms with Crippen molar-refractivity contribution < 1.29 is 14.1 Å². The highest BCUT2D eigenvalue weighted by Gasteiger charge is 2.45. The molecule has 0 saturated carbocycles. The third-order valence-corrected chi connectivity index (χ3v) is 3.77. The Bertz CT molecular complexity index is 510. The van der Waals surface area contributed by atoms with Crippen LogP contribution in [0.2, 0.25) is 0 Å². The van der Waals surface area contributed by atoms with E-state index in [4.69, 9.17) is 4.52 Å². The Morgan fingerprint density at radius 3 is 3.06 bits per heavy atom. The van der Waals surface area contributed by atoms with Crippen LogP contribution in [-0.2, 0) is 4.79 Å². The van der Waals surface area contributed by atoms with Gasteiger partial charge in [-0.1, -0.05) is 5.16 Å². The van der Waals surface area contributed by atoms with Gasteiger partial charge in [0.15, 0.2) is 5.69 Å². The van der Waals surface area contributed by atoms with Crippen molar-refractivity contribution in [3.05, 3.63) is 17.5 Å². The van der Waals surface area contributed by atoms with Gasteiger partial charge in [0, 0.05) is 37.5 Å². The Balaban J connectivity index is 1.72. The zero-order chi connectivity index (χ0) is 12.8.